The Kier molecular flexibility index (Phi) is 16.0. The van der Waals surface area contributed by atoms with Crippen LogP contribution in [0.1, 0.15) is 85.0 Å². The van der Waals surface area contributed by atoms with Gasteiger partial charge in [0, 0.05) is 13.0 Å². The summed E-state index contributed by atoms with van der Waals surface area (Å²) in [6.07, 6.45) is 11.5. The lowest BCUT2D eigenvalue weighted by Crippen LogP contribution is -2.29. The van der Waals surface area contributed by atoms with Gasteiger partial charge in [-0.15, -0.1) is 0 Å². The van der Waals surface area contributed by atoms with Gasteiger partial charge in [-0.2, -0.15) is 0 Å². The number of unbranched alkanes of at least 4 members (excludes halogenated alkanes) is 8. The predicted molar refractivity (Wildman–Crippen MR) is 84.8 cm³/mol. The van der Waals surface area contributed by atoms with Crippen molar-refractivity contribution in [1.82, 2.24) is 0 Å². The summed E-state index contributed by atoms with van der Waals surface area (Å²) in [4.78, 5) is 10.2. The zero-order valence-electron chi connectivity index (χ0n) is 13.7. The Balaban J connectivity index is 0. The fourth-order valence-corrected chi connectivity index (χ4v) is 1.59. The fourth-order valence-electron chi connectivity index (χ4n) is 1.59. The molecule has 0 saturated carbocycles. The number of aliphatic carboxylic acids is 1. The molecule has 0 aromatic heterocycles. The Morgan fingerprint density at radius 1 is 0.950 bits per heavy atom. The van der Waals surface area contributed by atoms with Gasteiger partial charge in [-0.25, -0.2) is 0 Å². The normalized spacial score (nSPS) is 10.8. The minimum absolute atomic E-state index is 0.326. The first kappa shape index (κ1) is 21.7. The van der Waals surface area contributed by atoms with E-state index >= 15 is 0 Å². The molecule has 122 valence electrons. The number of aliphatic hydroxyl groups is 1. The molecule has 4 heteroatoms. The van der Waals surface area contributed by atoms with Gasteiger partial charge in [0.15, 0.2) is 0 Å². The van der Waals surface area contributed by atoms with Gasteiger partial charge < -0.3 is 15.9 Å². The van der Waals surface area contributed by atoms with Crippen LogP contribution in [0, 0.1) is 0 Å². The van der Waals surface area contributed by atoms with Crippen LogP contribution in [-0.2, 0) is 4.79 Å². The molecule has 0 bridgehead atoms. The van der Waals surface area contributed by atoms with E-state index in [2.05, 4.69) is 6.92 Å². The van der Waals surface area contributed by atoms with Crippen molar-refractivity contribution in [3.05, 3.63) is 0 Å². The zero-order valence-corrected chi connectivity index (χ0v) is 13.7. The van der Waals surface area contributed by atoms with Crippen molar-refractivity contribution < 1.29 is 15.0 Å². The summed E-state index contributed by atoms with van der Waals surface area (Å²) >= 11 is 0. The number of carbonyl (C=O) groups is 1. The fraction of sp³-hybridized carbons (Fsp3) is 0.938. The third-order valence-corrected chi connectivity index (χ3v) is 2.99. The van der Waals surface area contributed by atoms with Gasteiger partial charge in [0.05, 0.1) is 5.60 Å². The number of rotatable bonds is 11. The number of hydrogen-bond acceptors (Lipinski definition) is 3. The Hall–Kier alpha value is -0.610. The van der Waals surface area contributed by atoms with Crippen LogP contribution in [0.5, 0.6) is 0 Å². The van der Waals surface area contributed by atoms with Crippen molar-refractivity contribution in [1.29, 1.82) is 0 Å². The molecule has 0 aromatic carbocycles. The summed E-state index contributed by atoms with van der Waals surface area (Å²) in [6.45, 7) is 5.90. The van der Waals surface area contributed by atoms with Gasteiger partial charge in [-0.05, 0) is 20.3 Å². The monoisotopic (exact) mass is 289 g/mol. The molecule has 4 nitrogen and oxygen atoms in total. The Labute approximate surface area is 124 Å². The molecular weight excluding hydrogens is 254 g/mol. The highest BCUT2D eigenvalue weighted by atomic mass is 16.4. The highest BCUT2D eigenvalue weighted by molar-refractivity contribution is 5.66. The van der Waals surface area contributed by atoms with Crippen LogP contribution in [0.15, 0.2) is 0 Å². The lowest BCUT2D eigenvalue weighted by molar-refractivity contribution is -0.137. The molecule has 0 rings (SSSR count). The highest BCUT2D eigenvalue weighted by Gasteiger charge is 2.06. The largest absolute Gasteiger partial charge is 0.481 e. The van der Waals surface area contributed by atoms with E-state index in [1.807, 2.05) is 0 Å². The van der Waals surface area contributed by atoms with Crippen LogP contribution in [0.25, 0.3) is 0 Å². The Morgan fingerprint density at radius 2 is 1.30 bits per heavy atom. The van der Waals surface area contributed by atoms with E-state index < -0.39 is 11.6 Å². The maximum Gasteiger partial charge on any atom is 0.303 e. The molecule has 0 amide bonds. The first-order chi connectivity index (χ1) is 9.33. The third-order valence-electron chi connectivity index (χ3n) is 2.99. The smallest absolute Gasteiger partial charge is 0.303 e. The number of carboxylic acid groups (broad SMARTS) is 1. The maximum atomic E-state index is 10.2. The van der Waals surface area contributed by atoms with Gasteiger partial charge in [0.25, 0.3) is 0 Å². The van der Waals surface area contributed by atoms with Gasteiger partial charge in [0.2, 0.25) is 0 Å². The minimum atomic E-state index is -0.681. The summed E-state index contributed by atoms with van der Waals surface area (Å²) in [7, 11) is 0. The van der Waals surface area contributed by atoms with Gasteiger partial charge >= 0.3 is 5.97 Å². The van der Waals surface area contributed by atoms with E-state index in [9.17, 15) is 4.79 Å². The van der Waals surface area contributed by atoms with Crippen LogP contribution in [0.2, 0.25) is 0 Å². The van der Waals surface area contributed by atoms with Crippen LogP contribution >= 0.6 is 0 Å². The van der Waals surface area contributed by atoms with Crippen molar-refractivity contribution >= 4 is 5.97 Å². The van der Waals surface area contributed by atoms with Crippen LogP contribution < -0.4 is 5.73 Å². The van der Waals surface area contributed by atoms with Crippen molar-refractivity contribution in [2.75, 3.05) is 6.54 Å². The van der Waals surface area contributed by atoms with E-state index in [1.165, 1.54) is 44.9 Å². The maximum absolute atomic E-state index is 10.2. The quantitative estimate of drug-likeness (QED) is 0.506. The summed E-state index contributed by atoms with van der Waals surface area (Å²) in [5.74, 6) is -0.659. The predicted octanol–water partition coefficient (Wildman–Crippen LogP) is 3.71. The first-order valence-corrected chi connectivity index (χ1v) is 7.97. The topological polar surface area (TPSA) is 83.5 Å². The van der Waals surface area contributed by atoms with Crippen molar-refractivity contribution in [3.63, 3.8) is 0 Å². The average Bonchev–Trinajstić information content (AvgIpc) is 2.36. The van der Waals surface area contributed by atoms with E-state index in [1.54, 1.807) is 13.8 Å². The molecule has 0 aliphatic carbocycles. The lowest BCUT2D eigenvalue weighted by Gasteiger charge is -2.11. The van der Waals surface area contributed by atoms with Crippen molar-refractivity contribution in [3.8, 4) is 0 Å². The second-order valence-electron chi connectivity index (χ2n) is 5.99. The molecule has 20 heavy (non-hydrogen) atoms. The molecule has 0 unspecified atom stereocenters. The van der Waals surface area contributed by atoms with E-state index in [0.29, 0.717) is 13.0 Å². The standard InChI is InChI=1S/C12H24O2.C4H11NO/c1-2-3-4-5-6-7-8-9-10-11-12(13)14;1-4(2,6)3-5/h2-11H2,1H3,(H,13,14);6H,3,5H2,1-2H3. The molecule has 0 atom stereocenters. The molecule has 0 aromatic rings. The SMILES string of the molecule is CC(C)(O)CN.CCCCCCCCCCCC(=O)O. The molecule has 0 spiro atoms. The molecule has 4 N–H and O–H groups in total. The second-order valence-corrected chi connectivity index (χ2v) is 5.99. The molecule has 0 radical (unpaired) electrons. The molecule has 0 aliphatic rings. The van der Waals surface area contributed by atoms with E-state index in [-0.39, 0.29) is 0 Å². The number of nitrogens with two attached hydrogens (primary N) is 1. The summed E-state index contributed by atoms with van der Waals surface area (Å²) in [6, 6.07) is 0. The average molecular weight is 289 g/mol. The van der Waals surface area contributed by atoms with Gasteiger partial charge in [-0.3, -0.25) is 4.79 Å². The lowest BCUT2D eigenvalue weighted by atomic mass is 10.1. The summed E-state index contributed by atoms with van der Waals surface area (Å²) in [5, 5.41) is 17.1. The first-order valence-electron chi connectivity index (χ1n) is 7.97. The Morgan fingerprint density at radius 3 is 1.60 bits per heavy atom. The minimum Gasteiger partial charge on any atom is -0.481 e. The second kappa shape index (κ2) is 14.8. The van der Waals surface area contributed by atoms with E-state index in [0.717, 1.165) is 12.8 Å². The van der Waals surface area contributed by atoms with E-state index in [4.69, 9.17) is 15.9 Å². The number of hydrogen-bond donors (Lipinski definition) is 3. The summed E-state index contributed by atoms with van der Waals surface area (Å²) in [5.41, 5.74) is 4.38. The molecule has 0 aliphatic heterocycles. The third kappa shape index (κ3) is 26.1. The zero-order chi connectivity index (χ0) is 15.9. The molecule has 0 saturated heterocycles. The molecule has 0 fully saturated rings. The Bertz CT molecular complexity index is 212. The molecular formula is C16H35NO3. The number of carboxylic acids is 1. The summed E-state index contributed by atoms with van der Waals surface area (Å²) < 4.78 is 0. The van der Waals surface area contributed by atoms with Crippen LogP contribution in [0.3, 0.4) is 0 Å². The van der Waals surface area contributed by atoms with Crippen LogP contribution in [-0.4, -0.2) is 28.3 Å². The molecule has 0 heterocycles. The van der Waals surface area contributed by atoms with Gasteiger partial charge in [-0.1, -0.05) is 58.3 Å². The van der Waals surface area contributed by atoms with Crippen LogP contribution in [0.4, 0.5) is 0 Å². The van der Waals surface area contributed by atoms with Crippen molar-refractivity contribution in [2.45, 2.75) is 90.6 Å². The van der Waals surface area contributed by atoms with Crippen molar-refractivity contribution in [2.24, 2.45) is 5.73 Å². The van der Waals surface area contributed by atoms with Gasteiger partial charge in [0.1, 0.15) is 0 Å². The highest BCUT2D eigenvalue weighted by Crippen LogP contribution is 2.10.